The van der Waals surface area contributed by atoms with Gasteiger partial charge in [-0.3, -0.25) is 0 Å². The normalized spacial score (nSPS) is 16.3. The molecule has 1 fully saturated rings. The maximum atomic E-state index is 13.9. The number of benzene rings is 2. The second-order valence-electron chi connectivity index (χ2n) is 11.7. The lowest BCUT2D eigenvalue weighted by atomic mass is 9.89. The molecule has 1 saturated heterocycles. The van der Waals surface area contributed by atoms with Crippen LogP contribution in [0.25, 0.3) is 10.9 Å². The van der Waals surface area contributed by atoms with Crippen molar-refractivity contribution in [3.63, 3.8) is 0 Å². The van der Waals surface area contributed by atoms with Gasteiger partial charge in [0.2, 0.25) is 0 Å². The van der Waals surface area contributed by atoms with E-state index >= 15 is 0 Å². The van der Waals surface area contributed by atoms with Gasteiger partial charge in [-0.2, -0.15) is 0 Å². The lowest BCUT2D eigenvalue weighted by Gasteiger charge is -2.44. The predicted molar refractivity (Wildman–Crippen MR) is 147 cm³/mol. The third-order valence-electron chi connectivity index (χ3n) is 8.64. The van der Waals surface area contributed by atoms with E-state index in [2.05, 4.69) is 82.1 Å². The maximum Gasteiger partial charge on any atom is 0.169 e. The Balaban J connectivity index is 1.87. The van der Waals surface area contributed by atoms with Crippen LogP contribution in [0.4, 0.5) is 8.78 Å². The van der Waals surface area contributed by atoms with Crippen molar-refractivity contribution in [3.05, 3.63) is 70.9 Å². The molecule has 0 amide bonds. The molecule has 2 heterocycles. The average molecular weight is 497 g/mol. The Kier molecular flexibility index (Phi) is 7.59. The minimum atomic E-state index is -1.91. The van der Waals surface area contributed by atoms with Crippen molar-refractivity contribution in [2.75, 3.05) is 20.1 Å². The number of fused-ring (bicyclic) bond motifs is 1. The second-order valence-corrected chi connectivity index (χ2v) is 17.4. The Morgan fingerprint density at radius 1 is 0.829 bits per heavy atom. The van der Waals surface area contributed by atoms with Gasteiger partial charge in [-0.05, 0) is 109 Å². The van der Waals surface area contributed by atoms with Gasteiger partial charge in [0.25, 0.3) is 0 Å². The summed E-state index contributed by atoms with van der Waals surface area (Å²) in [7, 11) is 0.301. The number of hydrogen-bond donors (Lipinski definition) is 0. The summed E-state index contributed by atoms with van der Waals surface area (Å²) in [4.78, 5) is 2.43. The van der Waals surface area contributed by atoms with Crippen molar-refractivity contribution in [2.45, 2.75) is 83.3 Å². The van der Waals surface area contributed by atoms with E-state index in [0.717, 1.165) is 24.2 Å². The number of piperidine rings is 1. The van der Waals surface area contributed by atoms with E-state index in [1.165, 1.54) is 41.4 Å². The van der Waals surface area contributed by atoms with Gasteiger partial charge < -0.3 is 9.13 Å². The first-order chi connectivity index (χ1) is 16.5. The lowest BCUT2D eigenvalue weighted by molar-refractivity contribution is 0.256. The maximum absolute atomic E-state index is 13.9. The summed E-state index contributed by atoms with van der Waals surface area (Å²) in [5, 5.41) is 1.36. The second kappa shape index (κ2) is 10.2. The highest BCUT2D eigenvalue weighted by atomic mass is 28.3. The molecule has 190 valence electrons. The monoisotopic (exact) mass is 496 g/mol. The van der Waals surface area contributed by atoms with Crippen LogP contribution in [0.5, 0.6) is 0 Å². The third-order valence-corrected chi connectivity index (χ3v) is 15.4. The minimum absolute atomic E-state index is 0.562. The van der Waals surface area contributed by atoms with Gasteiger partial charge in [0.05, 0.1) is 0 Å². The molecule has 0 unspecified atom stereocenters. The zero-order valence-electron chi connectivity index (χ0n) is 22.5. The Morgan fingerprint density at radius 3 is 1.97 bits per heavy atom. The summed E-state index contributed by atoms with van der Waals surface area (Å²) < 4.78 is 30.1. The first kappa shape index (κ1) is 26.1. The van der Waals surface area contributed by atoms with Crippen LogP contribution in [0, 0.1) is 11.6 Å². The van der Waals surface area contributed by atoms with Crippen LogP contribution >= 0.6 is 0 Å². The molecule has 2 aromatic carbocycles. The Hall–Kier alpha value is -1.98. The molecular weight excluding hydrogens is 454 g/mol. The quantitative estimate of drug-likeness (QED) is 0.298. The van der Waals surface area contributed by atoms with Crippen LogP contribution in [0.2, 0.25) is 16.6 Å². The summed E-state index contributed by atoms with van der Waals surface area (Å²) in [5.74, 6) is -1.00. The van der Waals surface area contributed by atoms with Crippen LogP contribution in [-0.2, 0) is 6.42 Å². The molecular formula is C30H42F2N2Si. The van der Waals surface area contributed by atoms with Crippen LogP contribution in [0.1, 0.15) is 77.0 Å². The van der Waals surface area contributed by atoms with Crippen LogP contribution < -0.4 is 0 Å². The smallest absolute Gasteiger partial charge is 0.169 e. The van der Waals surface area contributed by atoms with Gasteiger partial charge >= 0.3 is 0 Å². The van der Waals surface area contributed by atoms with E-state index in [1.54, 1.807) is 6.07 Å². The highest BCUT2D eigenvalue weighted by molar-refractivity contribution is 6.82. The summed E-state index contributed by atoms with van der Waals surface area (Å²) in [6.07, 6.45) is 5.51. The zero-order chi connectivity index (χ0) is 25.5. The van der Waals surface area contributed by atoms with Gasteiger partial charge in [0.15, 0.2) is 19.9 Å². The number of hydrogen-bond acceptors (Lipinski definition) is 1. The van der Waals surface area contributed by atoms with Crippen molar-refractivity contribution in [1.82, 2.24) is 9.13 Å². The number of halogens is 2. The molecule has 0 spiro atoms. The molecule has 0 atom stereocenters. The number of rotatable bonds is 7. The molecule has 0 N–H and O–H groups in total. The molecule has 35 heavy (non-hydrogen) atoms. The highest BCUT2D eigenvalue weighted by Gasteiger charge is 2.46. The summed E-state index contributed by atoms with van der Waals surface area (Å²) in [6.45, 7) is 16.8. The van der Waals surface area contributed by atoms with Crippen molar-refractivity contribution < 1.29 is 8.78 Å². The van der Waals surface area contributed by atoms with E-state index in [9.17, 15) is 8.78 Å². The summed E-state index contributed by atoms with van der Waals surface area (Å²) in [6, 6.07) is 11.1. The molecule has 0 bridgehead atoms. The molecule has 0 radical (unpaired) electrons. The third kappa shape index (κ3) is 4.74. The van der Waals surface area contributed by atoms with Gasteiger partial charge in [-0.25, -0.2) is 8.78 Å². The predicted octanol–water partition coefficient (Wildman–Crippen LogP) is 8.34. The SMILES string of the molecule is CC(C)[Si](C(C)C)(C(C)C)n1cc(C2CCN(C)CC2)c2cc(Cc3ccc(F)c(F)c3)ccc21. The largest absolute Gasteiger partial charge is 0.373 e. The van der Waals surface area contributed by atoms with E-state index < -0.39 is 19.9 Å². The number of nitrogens with zero attached hydrogens (tertiary/aromatic N) is 2. The fourth-order valence-electron chi connectivity index (χ4n) is 7.10. The van der Waals surface area contributed by atoms with Gasteiger partial charge in [-0.1, -0.05) is 53.7 Å². The topological polar surface area (TPSA) is 8.17 Å². The molecule has 1 aliphatic rings. The Morgan fingerprint density at radius 2 is 1.40 bits per heavy atom. The first-order valence-electron chi connectivity index (χ1n) is 13.3. The standard InChI is InChI=1S/C30H42F2N2Si/c1-20(2)35(21(3)4,22(5)6)34-19-27(25-12-14-33(7)15-13-25)26-17-23(9-11-30(26)34)16-24-8-10-28(31)29(32)18-24/h8-11,17-22,25H,12-16H2,1-7H3. The van der Waals surface area contributed by atoms with Crippen molar-refractivity contribution in [2.24, 2.45) is 0 Å². The Bertz CT molecular complexity index is 1150. The fraction of sp³-hybridized carbons (Fsp3) is 0.533. The van der Waals surface area contributed by atoms with E-state index in [-0.39, 0.29) is 0 Å². The van der Waals surface area contributed by atoms with Crippen LogP contribution in [0.3, 0.4) is 0 Å². The van der Waals surface area contributed by atoms with Gasteiger partial charge in [-0.15, -0.1) is 0 Å². The van der Waals surface area contributed by atoms with Gasteiger partial charge in [0, 0.05) is 10.9 Å². The van der Waals surface area contributed by atoms with Crippen molar-refractivity contribution in [1.29, 1.82) is 0 Å². The molecule has 1 aromatic heterocycles. The van der Waals surface area contributed by atoms with Crippen molar-refractivity contribution >= 4 is 19.1 Å². The average Bonchev–Trinajstić information content (AvgIpc) is 3.15. The number of likely N-dealkylation sites (tertiary alicyclic amines) is 1. The fourth-order valence-corrected chi connectivity index (χ4v) is 13.7. The van der Waals surface area contributed by atoms with E-state index in [0.29, 0.717) is 29.0 Å². The first-order valence-corrected chi connectivity index (χ1v) is 15.5. The molecule has 0 aliphatic carbocycles. The molecule has 3 aromatic rings. The molecule has 4 rings (SSSR count). The van der Waals surface area contributed by atoms with Crippen LogP contribution in [-0.4, -0.2) is 37.5 Å². The minimum Gasteiger partial charge on any atom is -0.373 e. The molecule has 2 nitrogen and oxygen atoms in total. The molecule has 1 aliphatic heterocycles. The van der Waals surface area contributed by atoms with Crippen LogP contribution in [0.15, 0.2) is 42.6 Å². The van der Waals surface area contributed by atoms with Crippen molar-refractivity contribution in [3.8, 4) is 0 Å². The molecule has 0 saturated carbocycles. The van der Waals surface area contributed by atoms with E-state index in [1.807, 2.05) is 0 Å². The highest BCUT2D eigenvalue weighted by Crippen LogP contribution is 2.46. The van der Waals surface area contributed by atoms with E-state index in [4.69, 9.17) is 0 Å². The summed E-state index contributed by atoms with van der Waals surface area (Å²) in [5.41, 5.74) is 6.65. The number of aromatic nitrogens is 1. The van der Waals surface area contributed by atoms with Gasteiger partial charge in [0.1, 0.15) is 0 Å². The summed E-state index contributed by atoms with van der Waals surface area (Å²) >= 11 is 0. The molecule has 5 heteroatoms. The lowest BCUT2D eigenvalue weighted by Crippen LogP contribution is -2.51. The Labute approximate surface area is 211 Å². The zero-order valence-corrected chi connectivity index (χ0v) is 23.5.